The molecule has 1 heterocycles. The number of rotatable bonds is 3. The molecule has 1 rings (SSSR count). The lowest BCUT2D eigenvalue weighted by Crippen LogP contribution is -2.37. The maximum atomic E-state index is 11.9. The van der Waals surface area contributed by atoms with Crippen molar-refractivity contribution in [1.82, 2.24) is 9.21 Å². The van der Waals surface area contributed by atoms with E-state index in [2.05, 4.69) is 27.8 Å². The average Bonchev–Trinajstić information content (AvgIpc) is 2.34. The van der Waals surface area contributed by atoms with Crippen LogP contribution < -0.4 is 0 Å². The van der Waals surface area contributed by atoms with Crippen molar-refractivity contribution in [2.24, 2.45) is 0 Å². The molecule has 0 aromatic rings. The zero-order valence-electron chi connectivity index (χ0n) is 10.3. The Labute approximate surface area is 115 Å². The molecule has 0 aromatic carbocycles. The van der Waals surface area contributed by atoms with Gasteiger partial charge >= 0.3 is 0 Å². The van der Waals surface area contributed by atoms with E-state index in [9.17, 15) is 4.79 Å². The van der Waals surface area contributed by atoms with Gasteiger partial charge in [0.05, 0.1) is 0 Å². The second-order valence-corrected chi connectivity index (χ2v) is 4.99. The number of nitrogens with zero attached hydrogens (tertiary/aromatic N) is 2. The van der Waals surface area contributed by atoms with Crippen molar-refractivity contribution >= 4 is 36.2 Å². The van der Waals surface area contributed by atoms with Crippen molar-refractivity contribution in [1.29, 1.82) is 0 Å². The summed E-state index contributed by atoms with van der Waals surface area (Å²) in [6, 6.07) is 0. The van der Waals surface area contributed by atoms with E-state index in [0.29, 0.717) is 0 Å². The third-order valence-electron chi connectivity index (χ3n) is 2.23. The molecule has 16 heavy (non-hydrogen) atoms. The maximum absolute atomic E-state index is 11.9. The smallest absolute Gasteiger partial charge is 0.271 e. The highest BCUT2D eigenvalue weighted by atomic mass is 127. The Hall–Kier alpha value is -0.170. The molecule has 0 aromatic heterocycles. The van der Waals surface area contributed by atoms with Gasteiger partial charge in [-0.05, 0) is 12.0 Å². The Morgan fingerprint density at radius 2 is 2.12 bits per heavy atom. The standard InChI is InChI=1S/C9H13IN2OS.C2H6/c1-4-7-5-6-11(2)9(13)8(7)12(3)14-10;1-2/h4H,1,5-6H2,2-3H3;1-2H3. The summed E-state index contributed by atoms with van der Waals surface area (Å²) >= 11 is 2.16. The fourth-order valence-corrected chi connectivity index (χ4v) is 2.25. The summed E-state index contributed by atoms with van der Waals surface area (Å²) in [7, 11) is 5.23. The first-order chi connectivity index (χ1) is 7.61. The normalized spacial score (nSPS) is 15.6. The number of halogens is 1. The predicted molar refractivity (Wildman–Crippen MR) is 80.2 cm³/mol. The quantitative estimate of drug-likeness (QED) is 0.574. The Kier molecular flexibility index (Phi) is 7.91. The fraction of sp³-hybridized carbons (Fsp3) is 0.545. The highest BCUT2D eigenvalue weighted by Gasteiger charge is 2.26. The molecule has 0 radical (unpaired) electrons. The molecular formula is C11H19IN2OS. The van der Waals surface area contributed by atoms with E-state index < -0.39 is 0 Å². The van der Waals surface area contributed by atoms with Gasteiger partial charge in [-0.3, -0.25) is 4.79 Å². The number of hydrogen-bond donors (Lipinski definition) is 0. The second kappa shape index (κ2) is 8.00. The number of likely N-dealkylation sites (N-methyl/N-ethyl adjacent to an activating group) is 2. The maximum Gasteiger partial charge on any atom is 0.271 e. The molecule has 5 heteroatoms. The molecule has 0 unspecified atom stereocenters. The molecule has 0 saturated heterocycles. The third-order valence-corrected chi connectivity index (χ3v) is 4.40. The topological polar surface area (TPSA) is 23.6 Å². The van der Waals surface area contributed by atoms with Gasteiger partial charge in [-0.1, -0.05) is 26.5 Å². The third kappa shape index (κ3) is 3.69. The molecule has 92 valence electrons. The first kappa shape index (κ1) is 15.8. The van der Waals surface area contributed by atoms with E-state index in [1.165, 1.54) is 9.12 Å². The molecule has 1 aliphatic rings. The number of amides is 1. The van der Waals surface area contributed by atoms with Crippen molar-refractivity contribution in [3.05, 3.63) is 23.9 Å². The minimum Gasteiger partial charge on any atom is -0.340 e. The molecular weight excluding hydrogens is 335 g/mol. The summed E-state index contributed by atoms with van der Waals surface area (Å²) in [6.45, 7) is 8.52. The Morgan fingerprint density at radius 3 is 2.56 bits per heavy atom. The SMILES string of the molecule is C=CC1=C(N(C)SI)C(=O)N(C)CC1.CC. The van der Waals surface area contributed by atoms with Gasteiger partial charge in [0, 0.05) is 51.0 Å². The minimum absolute atomic E-state index is 0.0813. The lowest BCUT2D eigenvalue weighted by molar-refractivity contribution is -0.127. The molecule has 1 amide bonds. The lowest BCUT2D eigenvalue weighted by atomic mass is 10.1. The number of allylic oxidation sites excluding steroid dienone is 1. The van der Waals surface area contributed by atoms with Gasteiger partial charge in [0.25, 0.3) is 5.91 Å². The molecule has 1 aliphatic heterocycles. The van der Waals surface area contributed by atoms with Crippen LogP contribution in [0.3, 0.4) is 0 Å². The van der Waals surface area contributed by atoms with E-state index >= 15 is 0 Å². The van der Waals surface area contributed by atoms with Crippen molar-refractivity contribution in [3.63, 3.8) is 0 Å². The van der Waals surface area contributed by atoms with Crippen LogP contribution in [-0.2, 0) is 4.79 Å². The molecule has 3 nitrogen and oxygen atoms in total. The minimum atomic E-state index is 0.0813. The summed E-state index contributed by atoms with van der Waals surface area (Å²) in [6.07, 6.45) is 2.67. The molecule has 0 fully saturated rings. The van der Waals surface area contributed by atoms with Crippen LogP contribution in [0.2, 0.25) is 0 Å². The summed E-state index contributed by atoms with van der Waals surface area (Å²) < 4.78 is 1.88. The van der Waals surface area contributed by atoms with Gasteiger partial charge in [-0.25, -0.2) is 0 Å². The monoisotopic (exact) mass is 354 g/mol. The van der Waals surface area contributed by atoms with Gasteiger partial charge in [0.15, 0.2) is 0 Å². The predicted octanol–water partition coefficient (Wildman–Crippen LogP) is 3.24. The van der Waals surface area contributed by atoms with Crippen LogP contribution in [0.15, 0.2) is 23.9 Å². The van der Waals surface area contributed by atoms with Crippen molar-refractivity contribution in [3.8, 4) is 0 Å². The molecule has 0 atom stereocenters. The molecule has 0 spiro atoms. The van der Waals surface area contributed by atoms with Crippen molar-refractivity contribution in [2.45, 2.75) is 20.3 Å². The summed E-state index contributed by atoms with van der Waals surface area (Å²) in [4.78, 5) is 13.6. The van der Waals surface area contributed by atoms with Gasteiger partial charge in [-0.15, -0.1) is 0 Å². The van der Waals surface area contributed by atoms with E-state index in [0.717, 1.165) is 24.2 Å². The summed E-state index contributed by atoms with van der Waals surface area (Å²) in [5, 5.41) is 0. The van der Waals surface area contributed by atoms with Gasteiger partial charge in [0.2, 0.25) is 0 Å². The highest BCUT2D eigenvalue weighted by Crippen LogP contribution is 2.28. The van der Waals surface area contributed by atoms with E-state index in [-0.39, 0.29) is 5.91 Å². The van der Waals surface area contributed by atoms with Gasteiger partial charge < -0.3 is 9.21 Å². The second-order valence-electron chi connectivity index (χ2n) is 3.12. The fourth-order valence-electron chi connectivity index (χ4n) is 1.40. The Bertz CT molecular complexity index is 292. The summed E-state index contributed by atoms with van der Waals surface area (Å²) in [5.41, 5.74) is 1.80. The molecule has 0 aliphatic carbocycles. The van der Waals surface area contributed by atoms with Crippen LogP contribution in [0.1, 0.15) is 20.3 Å². The van der Waals surface area contributed by atoms with Gasteiger partial charge in [0.1, 0.15) is 5.70 Å². The molecule has 0 bridgehead atoms. The zero-order chi connectivity index (χ0) is 12.7. The Morgan fingerprint density at radius 1 is 1.56 bits per heavy atom. The van der Waals surface area contributed by atoms with Crippen molar-refractivity contribution in [2.75, 3.05) is 20.6 Å². The highest BCUT2D eigenvalue weighted by molar-refractivity contribution is 14.2. The Balaban J connectivity index is 0.00000106. The number of carbonyl (C=O) groups is 1. The van der Waals surface area contributed by atoms with Crippen LogP contribution in [-0.4, -0.2) is 35.8 Å². The lowest BCUT2D eigenvalue weighted by Gasteiger charge is -2.30. The number of carbonyl (C=O) groups excluding carboxylic acids is 1. The van der Waals surface area contributed by atoms with Crippen LogP contribution >= 0.6 is 30.3 Å². The molecule has 0 saturated carbocycles. The van der Waals surface area contributed by atoms with Crippen LogP contribution in [0.5, 0.6) is 0 Å². The zero-order valence-corrected chi connectivity index (χ0v) is 13.3. The van der Waals surface area contributed by atoms with Crippen LogP contribution in [0, 0.1) is 0 Å². The number of hydrogen-bond acceptors (Lipinski definition) is 3. The van der Waals surface area contributed by atoms with Crippen LogP contribution in [0.25, 0.3) is 0 Å². The average molecular weight is 354 g/mol. The van der Waals surface area contributed by atoms with E-state index in [1.807, 2.05) is 32.2 Å². The largest absolute Gasteiger partial charge is 0.340 e. The summed E-state index contributed by atoms with van der Waals surface area (Å²) in [5.74, 6) is 0.0813. The van der Waals surface area contributed by atoms with Crippen LogP contribution in [0.4, 0.5) is 0 Å². The van der Waals surface area contributed by atoms with E-state index in [4.69, 9.17) is 0 Å². The molecule has 0 N–H and O–H groups in total. The van der Waals surface area contributed by atoms with Gasteiger partial charge in [-0.2, -0.15) is 0 Å². The van der Waals surface area contributed by atoms with E-state index in [1.54, 1.807) is 11.0 Å². The van der Waals surface area contributed by atoms with Crippen molar-refractivity contribution < 1.29 is 4.79 Å². The first-order valence-corrected chi connectivity index (χ1v) is 8.57. The first-order valence-electron chi connectivity index (χ1n) is 5.25.